The third-order valence-electron chi connectivity index (χ3n) is 3.48. The Hall–Kier alpha value is -0.120. The van der Waals surface area contributed by atoms with Gasteiger partial charge in [-0.1, -0.05) is 6.92 Å². The van der Waals surface area contributed by atoms with Gasteiger partial charge in [0.05, 0.1) is 12.2 Å². The molecular formula is C13H27NO2. The Morgan fingerprint density at radius 1 is 1.31 bits per heavy atom. The lowest BCUT2D eigenvalue weighted by Crippen LogP contribution is -2.48. The van der Waals surface area contributed by atoms with E-state index in [1.807, 2.05) is 0 Å². The molecule has 1 unspecified atom stereocenters. The first-order valence-electron chi connectivity index (χ1n) is 6.43. The van der Waals surface area contributed by atoms with Gasteiger partial charge in [0.15, 0.2) is 0 Å². The van der Waals surface area contributed by atoms with E-state index in [-0.39, 0.29) is 17.7 Å². The van der Waals surface area contributed by atoms with Crippen LogP contribution in [-0.4, -0.2) is 35.5 Å². The fourth-order valence-corrected chi connectivity index (χ4v) is 1.57. The van der Waals surface area contributed by atoms with Gasteiger partial charge in [-0.15, -0.1) is 0 Å². The fourth-order valence-electron chi connectivity index (χ4n) is 1.57. The van der Waals surface area contributed by atoms with Crippen LogP contribution >= 0.6 is 0 Å². The molecule has 96 valence electrons. The largest absolute Gasteiger partial charge is 0.394 e. The van der Waals surface area contributed by atoms with Crippen molar-refractivity contribution in [1.82, 2.24) is 5.32 Å². The standard InChI is InChI=1S/C13H27NO2/c1-5-12(2,3)16-9-8-13(4,10-15)14-11-6-7-11/h11,14-15H,5-10H2,1-4H3. The summed E-state index contributed by atoms with van der Waals surface area (Å²) in [6, 6.07) is 0.622. The van der Waals surface area contributed by atoms with Crippen molar-refractivity contribution >= 4 is 0 Å². The number of nitrogens with one attached hydrogen (secondary N) is 1. The molecule has 1 saturated carbocycles. The van der Waals surface area contributed by atoms with E-state index in [0.717, 1.165) is 12.8 Å². The molecule has 1 aliphatic carbocycles. The molecule has 0 radical (unpaired) electrons. The summed E-state index contributed by atoms with van der Waals surface area (Å²) in [5.41, 5.74) is -0.221. The molecule has 0 bridgehead atoms. The minimum atomic E-state index is -0.176. The van der Waals surface area contributed by atoms with Crippen molar-refractivity contribution in [2.45, 2.75) is 70.6 Å². The van der Waals surface area contributed by atoms with Gasteiger partial charge in [-0.25, -0.2) is 0 Å². The van der Waals surface area contributed by atoms with Crippen LogP contribution in [0.2, 0.25) is 0 Å². The molecular weight excluding hydrogens is 202 g/mol. The van der Waals surface area contributed by atoms with Crippen LogP contribution in [0.15, 0.2) is 0 Å². The number of aliphatic hydroxyl groups excluding tert-OH is 1. The summed E-state index contributed by atoms with van der Waals surface area (Å²) in [7, 11) is 0. The normalized spacial score (nSPS) is 20.8. The number of rotatable bonds is 8. The molecule has 1 rings (SSSR count). The van der Waals surface area contributed by atoms with Crippen LogP contribution in [-0.2, 0) is 4.74 Å². The van der Waals surface area contributed by atoms with E-state index in [1.54, 1.807) is 0 Å². The first-order chi connectivity index (χ1) is 7.41. The Kier molecular flexibility index (Phi) is 4.77. The summed E-state index contributed by atoms with van der Waals surface area (Å²) in [5.74, 6) is 0. The van der Waals surface area contributed by atoms with Crippen LogP contribution in [0.3, 0.4) is 0 Å². The number of hydrogen-bond donors (Lipinski definition) is 2. The van der Waals surface area contributed by atoms with Gasteiger partial charge in [0.25, 0.3) is 0 Å². The Balaban J connectivity index is 2.27. The van der Waals surface area contributed by atoms with Crippen LogP contribution in [0.4, 0.5) is 0 Å². The van der Waals surface area contributed by atoms with E-state index in [2.05, 4.69) is 33.0 Å². The summed E-state index contributed by atoms with van der Waals surface area (Å²) in [4.78, 5) is 0. The molecule has 3 heteroatoms. The highest BCUT2D eigenvalue weighted by atomic mass is 16.5. The maximum Gasteiger partial charge on any atom is 0.0623 e. The summed E-state index contributed by atoms with van der Waals surface area (Å²) in [6.07, 6.45) is 4.37. The molecule has 0 aliphatic heterocycles. The summed E-state index contributed by atoms with van der Waals surface area (Å²) < 4.78 is 5.83. The monoisotopic (exact) mass is 229 g/mol. The molecule has 1 atom stereocenters. The second-order valence-electron chi connectivity index (χ2n) is 5.85. The van der Waals surface area contributed by atoms with E-state index in [4.69, 9.17) is 4.74 Å². The molecule has 0 heterocycles. The molecule has 0 aromatic heterocycles. The van der Waals surface area contributed by atoms with E-state index in [9.17, 15) is 5.11 Å². The predicted molar refractivity (Wildman–Crippen MR) is 66.6 cm³/mol. The number of hydrogen-bond acceptors (Lipinski definition) is 3. The molecule has 16 heavy (non-hydrogen) atoms. The highest BCUT2D eigenvalue weighted by Gasteiger charge is 2.32. The van der Waals surface area contributed by atoms with Gasteiger partial charge < -0.3 is 15.2 Å². The van der Waals surface area contributed by atoms with E-state index >= 15 is 0 Å². The quantitative estimate of drug-likeness (QED) is 0.669. The lowest BCUT2D eigenvalue weighted by atomic mass is 9.99. The maximum absolute atomic E-state index is 9.43. The molecule has 0 spiro atoms. The lowest BCUT2D eigenvalue weighted by molar-refractivity contribution is -0.0321. The van der Waals surface area contributed by atoms with Crippen LogP contribution in [0.5, 0.6) is 0 Å². The Labute approximate surface area is 99.6 Å². The second-order valence-corrected chi connectivity index (χ2v) is 5.85. The van der Waals surface area contributed by atoms with E-state index < -0.39 is 0 Å². The minimum absolute atomic E-state index is 0.0457. The zero-order chi connectivity index (χ0) is 12.2. The van der Waals surface area contributed by atoms with Crippen molar-refractivity contribution in [3.05, 3.63) is 0 Å². The first-order valence-corrected chi connectivity index (χ1v) is 6.43. The first kappa shape index (κ1) is 13.9. The Bertz CT molecular complexity index is 214. The average Bonchev–Trinajstić information content (AvgIpc) is 3.01. The highest BCUT2D eigenvalue weighted by molar-refractivity contribution is 4.92. The van der Waals surface area contributed by atoms with Gasteiger partial charge in [-0.05, 0) is 46.5 Å². The van der Waals surface area contributed by atoms with Crippen LogP contribution < -0.4 is 5.32 Å². The van der Waals surface area contributed by atoms with Crippen molar-refractivity contribution in [2.75, 3.05) is 13.2 Å². The Morgan fingerprint density at radius 3 is 2.38 bits per heavy atom. The maximum atomic E-state index is 9.43. The third kappa shape index (κ3) is 4.81. The summed E-state index contributed by atoms with van der Waals surface area (Å²) in [5, 5.41) is 12.9. The van der Waals surface area contributed by atoms with Gasteiger partial charge in [-0.2, -0.15) is 0 Å². The van der Waals surface area contributed by atoms with Crippen molar-refractivity contribution < 1.29 is 9.84 Å². The SMILES string of the molecule is CCC(C)(C)OCCC(C)(CO)NC1CC1. The van der Waals surface area contributed by atoms with Crippen molar-refractivity contribution in [1.29, 1.82) is 0 Å². The van der Waals surface area contributed by atoms with Crippen molar-refractivity contribution in [3.8, 4) is 0 Å². The lowest BCUT2D eigenvalue weighted by Gasteiger charge is -2.31. The molecule has 0 amide bonds. The van der Waals surface area contributed by atoms with Gasteiger partial charge in [0, 0.05) is 18.2 Å². The molecule has 2 N–H and O–H groups in total. The smallest absolute Gasteiger partial charge is 0.0623 e. The minimum Gasteiger partial charge on any atom is -0.394 e. The van der Waals surface area contributed by atoms with E-state index in [1.165, 1.54) is 12.8 Å². The molecule has 0 saturated heterocycles. The number of aliphatic hydroxyl groups is 1. The van der Waals surface area contributed by atoms with Crippen LogP contribution in [0.1, 0.15) is 53.4 Å². The van der Waals surface area contributed by atoms with Gasteiger partial charge >= 0.3 is 0 Å². The van der Waals surface area contributed by atoms with Gasteiger partial charge in [0.1, 0.15) is 0 Å². The van der Waals surface area contributed by atoms with Gasteiger partial charge in [0.2, 0.25) is 0 Å². The highest BCUT2D eigenvalue weighted by Crippen LogP contribution is 2.24. The third-order valence-corrected chi connectivity index (χ3v) is 3.48. The summed E-state index contributed by atoms with van der Waals surface area (Å²) >= 11 is 0. The topological polar surface area (TPSA) is 41.5 Å². The molecule has 1 fully saturated rings. The summed E-state index contributed by atoms with van der Waals surface area (Å²) in [6.45, 7) is 9.31. The average molecular weight is 229 g/mol. The van der Waals surface area contributed by atoms with Crippen molar-refractivity contribution in [3.63, 3.8) is 0 Å². The van der Waals surface area contributed by atoms with Crippen molar-refractivity contribution in [2.24, 2.45) is 0 Å². The van der Waals surface area contributed by atoms with E-state index in [0.29, 0.717) is 12.6 Å². The Morgan fingerprint density at radius 2 is 1.94 bits per heavy atom. The van der Waals surface area contributed by atoms with Crippen LogP contribution in [0, 0.1) is 0 Å². The zero-order valence-electron chi connectivity index (χ0n) is 11.2. The molecule has 0 aromatic rings. The molecule has 3 nitrogen and oxygen atoms in total. The second kappa shape index (κ2) is 5.48. The molecule has 1 aliphatic rings. The zero-order valence-corrected chi connectivity index (χ0v) is 11.2. The fraction of sp³-hybridized carbons (Fsp3) is 1.00. The van der Waals surface area contributed by atoms with Gasteiger partial charge in [-0.3, -0.25) is 0 Å². The predicted octanol–water partition coefficient (Wildman–Crippen LogP) is 2.08. The van der Waals surface area contributed by atoms with Crippen LogP contribution in [0.25, 0.3) is 0 Å². The number of ether oxygens (including phenoxy) is 1. The molecule has 0 aromatic carbocycles.